The van der Waals surface area contributed by atoms with E-state index >= 15 is 0 Å². The SMILES string of the molecule is O=Cc1ccccc1-c1c(C(=O)O)ccc(OOc2ccc(C(=O)O)c(-c3ccccc3C=O)c2O)c1O. The van der Waals surface area contributed by atoms with E-state index in [1.54, 1.807) is 24.3 Å². The lowest BCUT2D eigenvalue weighted by Crippen LogP contribution is -2.07. The van der Waals surface area contributed by atoms with Crippen molar-refractivity contribution in [1.82, 2.24) is 0 Å². The molecule has 4 aromatic rings. The summed E-state index contributed by atoms with van der Waals surface area (Å²) in [5.74, 6) is -4.78. The molecule has 0 saturated heterocycles. The van der Waals surface area contributed by atoms with Gasteiger partial charge in [-0.3, -0.25) is 19.4 Å². The quantitative estimate of drug-likeness (QED) is 0.138. The van der Waals surface area contributed by atoms with Crippen molar-refractivity contribution in [3.8, 4) is 45.3 Å². The van der Waals surface area contributed by atoms with Gasteiger partial charge in [-0.05, 0) is 35.4 Å². The number of carboxylic acids is 2. The maximum absolute atomic E-state index is 11.8. The predicted molar refractivity (Wildman–Crippen MR) is 133 cm³/mol. The third kappa shape index (κ3) is 4.61. The lowest BCUT2D eigenvalue weighted by molar-refractivity contribution is -0.103. The van der Waals surface area contributed by atoms with Crippen LogP contribution >= 0.6 is 0 Å². The van der Waals surface area contributed by atoms with Gasteiger partial charge >= 0.3 is 11.9 Å². The molecule has 0 aliphatic heterocycles. The summed E-state index contributed by atoms with van der Waals surface area (Å²) in [6.45, 7) is 0. The second-order valence-electron chi connectivity index (χ2n) is 7.86. The van der Waals surface area contributed by atoms with Crippen LogP contribution in [0.25, 0.3) is 22.3 Å². The number of aromatic hydroxyl groups is 2. The standard InChI is InChI=1S/C28H18O10/c29-13-15-5-1-3-7-17(15)23-19(27(33)34)9-11-21(25(23)31)37-38-22-12-10-20(28(35)36)24(26(22)32)18-8-4-2-6-16(18)14-30/h1-14,31-32H,(H,33,34)(H,35,36). The number of hydrogen-bond donors (Lipinski definition) is 4. The first-order valence-corrected chi connectivity index (χ1v) is 10.9. The van der Waals surface area contributed by atoms with Gasteiger partial charge in [-0.25, -0.2) is 9.59 Å². The highest BCUT2D eigenvalue weighted by atomic mass is 17.2. The monoisotopic (exact) mass is 514 g/mol. The fourth-order valence-electron chi connectivity index (χ4n) is 3.92. The minimum Gasteiger partial charge on any atom is -0.504 e. The highest BCUT2D eigenvalue weighted by Gasteiger charge is 2.25. The van der Waals surface area contributed by atoms with Gasteiger partial charge in [-0.2, -0.15) is 0 Å². The Morgan fingerprint density at radius 3 is 1.29 bits per heavy atom. The lowest BCUT2D eigenvalue weighted by atomic mass is 9.94. The molecule has 10 heteroatoms. The molecule has 0 heterocycles. The van der Waals surface area contributed by atoms with Gasteiger partial charge in [0.05, 0.1) is 11.1 Å². The summed E-state index contributed by atoms with van der Waals surface area (Å²) in [7, 11) is 0. The van der Waals surface area contributed by atoms with E-state index in [1.165, 1.54) is 24.3 Å². The fraction of sp³-hybridized carbons (Fsp3) is 0. The Hall–Kier alpha value is -5.64. The number of aromatic carboxylic acids is 2. The molecule has 0 radical (unpaired) electrons. The molecule has 4 rings (SSSR count). The van der Waals surface area contributed by atoms with E-state index in [2.05, 4.69) is 0 Å². The fourth-order valence-corrected chi connectivity index (χ4v) is 3.92. The van der Waals surface area contributed by atoms with Gasteiger partial charge in [-0.15, -0.1) is 0 Å². The Morgan fingerprint density at radius 2 is 0.947 bits per heavy atom. The maximum Gasteiger partial charge on any atom is 0.336 e. The largest absolute Gasteiger partial charge is 0.504 e. The molecule has 0 aliphatic rings. The average molecular weight is 514 g/mol. The molecule has 4 N–H and O–H groups in total. The first-order valence-electron chi connectivity index (χ1n) is 10.9. The van der Waals surface area contributed by atoms with Crippen LogP contribution in [0.15, 0.2) is 72.8 Å². The van der Waals surface area contributed by atoms with Crippen molar-refractivity contribution in [2.24, 2.45) is 0 Å². The van der Waals surface area contributed by atoms with Crippen LogP contribution < -0.4 is 9.78 Å². The van der Waals surface area contributed by atoms with Crippen molar-refractivity contribution in [2.45, 2.75) is 0 Å². The molecule has 190 valence electrons. The average Bonchev–Trinajstić information content (AvgIpc) is 2.92. The molecule has 0 unspecified atom stereocenters. The van der Waals surface area contributed by atoms with Gasteiger partial charge < -0.3 is 20.4 Å². The van der Waals surface area contributed by atoms with Gasteiger partial charge in [0, 0.05) is 22.3 Å². The third-order valence-corrected chi connectivity index (χ3v) is 5.68. The highest BCUT2D eigenvalue weighted by molar-refractivity contribution is 6.03. The van der Waals surface area contributed by atoms with Gasteiger partial charge in [0.2, 0.25) is 11.5 Å². The van der Waals surface area contributed by atoms with Crippen LogP contribution in [0.4, 0.5) is 0 Å². The van der Waals surface area contributed by atoms with Crippen molar-refractivity contribution >= 4 is 24.5 Å². The molecule has 0 amide bonds. The van der Waals surface area contributed by atoms with E-state index in [1.807, 2.05) is 0 Å². The van der Waals surface area contributed by atoms with E-state index in [4.69, 9.17) is 9.78 Å². The van der Waals surface area contributed by atoms with Crippen molar-refractivity contribution < 1.29 is 49.4 Å². The molecule has 38 heavy (non-hydrogen) atoms. The van der Waals surface area contributed by atoms with Crippen LogP contribution in [0, 0.1) is 0 Å². The predicted octanol–water partition coefficient (Wildman–Crippen LogP) is 4.83. The van der Waals surface area contributed by atoms with E-state index in [9.17, 15) is 39.6 Å². The Labute approximate surface area is 214 Å². The molecule has 0 saturated carbocycles. The van der Waals surface area contributed by atoms with Crippen LogP contribution in [-0.2, 0) is 0 Å². The van der Waals surface area contributed by atoms with Crippen molar-refractivity contribution in [2.75, 3.05) is 0 Å². The third-order valence-electron chi connectivity index (χ3n) is 5.68. The minimum absolute atomic E-state index is 0.115. The Kier molecular flexibility index (Phi) is 7.06. The molecule has 4 aromatic carbocycles. The molecule has 0 fully saturated rings. The number of aldehydes is 2. The first kappa shape index (κ1) is 25.5. The molecule has 0 aromatic heterocycles. The van der Waals surface area contributed by atoms with Crippen molar-refractivity contribution in [3.05, 3.63) is 95.1 Å². The number of carbonyl (C=O) groups excluding carboxylic acids is 2. The minimum atomic E-state index is -1.37. The number of rotatable bonds is 9. The molecule has 0 spiro atoms. The Balaban J connectivity index is 1.79. The molecule has 0 atom stereocenters. The van der Waals surface area contributed by atoms with E-state index in [0.717, 1.165) is 24.3 Å². The summed E-state index contributed by atoms with van der Waals surface area (Å²) < 4.78 is 0. The summed E-state index contributed by atoms with van der Waals surface area (Å²) in [6, 6.07) is 16.5. The molecule has 0 bridgehead atoms. The van der Waals surface area contributed by atoms with E-state index < -0.39 is 23.4 Å². The summed E-state index contributed by atoms with van der Waals surface area (Å²) >= 11 is 0. The molecule has 10 nitrogen and oxygen atoms in total. The summed E-state index contributed by atoms with van der Waals surface area (Å²) in [4.78, 5) is 57.1. The molecule has 0 aliphatic carbocycles. The smallest absolute Gasteiger partial charge is 0.336 e. The second kappa shape index (κ2) is 10.5. The second-order valence-corrected chi connectivity index (χ2v) is 7.86. The lowest BCUT2D eigenvalue weighted by Gasteiger charge is -2.16. The van der Waals surface area contributed by atoms with Crippen molar-refractivity contribution in [1.29, 1.82) is 0 Å². The van der Waals surface area contributed by atoms with Crippen molar-refractivity contribution in [3.63, 3.8) is 0 Å². The van der Waals surface area contributed by atoms with E-state index in [-0.39, 0.29) is 56.0 Å². The zero-order chi connectivity index (χ0) is 27.4. The van der Waals surface area contributed by atoms with Crippen LogP contribution in [0.3, 0.4) is 0 Å². The van der Waals surface area contributed by atoms with Crippen LogP contribution in [0.2, 0.25) is 0 Å². The number of phenols is 2. The zero-order valence-electron chi connectivity index (χ0n) is 19.3. The normalized spacial score (nSPS) is 10.4. The first-order chi connectivity index (χ1) is 18.3. The summed E-state index contributed by atoms with van der Waals surface area (Å²) in [5, 5.41) is 41.0. The van der Waals surface area contributed by atoms with Crippen LogP contribution in [0.1, 0.15) is 41.4 Å². The Bertz CT molecular complexity index is 1470. The number of carbonyl (C=O) groups is 4. The number of hydrogen-bond acceptors (Lipinski definition) is 8. The Morgan fingerprint density at radius 1 is 0.579 bits per heavy atom. The zero-order valence-corrected chi connectivity index (χ0v) is 19.3. The van der Waals surface area contributed by atoms with Gasteiger partial charge in [-0.1, -0.05) is 48.5 Å². The number of benzene rings is 4. The highest BCUT2D eigenvalue weighted by Crippen LogP contribution is 2.44. The summed E-state index contributed by atoms with van der Waals surface area (Å²) in [5.41, 5.74) is -0.545. The number of phenolic OH excluding ortho intramolecular Hbond substituents is 2. The van der Waals surface area contributed by atoms with Crippen LogP contribution in [-0.4, -0.2) is 44.9 Å². The van der Waals surface area contributed by atoms with Crippen LogP contribution in [0.5, 0.6) is 23.0 Å². The van der Waals surface area contributed by atoms with E-state index in [0.29, 0.717) is 12.6 Å². The number of carboxylic acid groups (broad SMARTS) is 2. The van der Waals surface area contributed by atoms with Gasteiger partial charge in [0.1, 0.15) is 0 Å². The maximum atomic E-state index is 11.8. The topological polar surface area (TPSA) is 168 Å². The van der Waals surface area contributed by atoms with Gasteiger partial charge in [0.15, 0.2) is 24.1 Å². The summed E-state index contributed by atoms with van der Waals surface area (Å²) in [6.07, 6.45) is 1.01. The molecular formula is C28H18O10. The van der Waals surface area contributed by atoms with Gasteiger partial charge in [0.25, 0.3) is 0 Å². The molecular weight excluding hydrogens is 496 g/mol.